The molecule has 0 spiro atoms. The second kappa shape index (κ2) is 10.3. The molecule has 0 aromatic heterocycles. The number of benzene rings is 3. The average molecular weight is 377 g/mol. The summed E-state index contributed by atoms with van der Waals surface area (Å²) in [4.78, 5) is 0. The first-order valence-electron chi connectivity index (χ1n) is 9.55. The molecule has 1 N–H and O–H groups in total. The minimum Gasteiger partial charge on any atom is -0.491 e. The van der Waals surface area contributed by atoms with Crippen LogP contribution in [0.15, 0.2) is 72.8 Å². The van der Waals surface area contributed by atoms with Crippen molar-refractivity contribution in [2.45, 2.75) is 13.8 Å². The summed E-state index contributed by atoms with van der Waals surface area (Å²) in [6, 6.07) is 23.9. The number of hydrogen-bond acceptors (Lipinski definition) is 4. The fourth-order valence-corrected chi connectivity index (χ4v) is 2.75. The van der Waals surface area contributed by atoms with Gasteiger partial charge in [0, 0.05) is 18.3 Å². The Kier molecular flexibility index (Phi) is 7.19. The van der Waals surface area contributed by atoms with Crippen LogP contribution in [0.2, 0.25) is 0 Å². The lowest BCUT2D eigenvalue weighted by atomic mass is 10.1. The fraction of sp³-hybridized carbons (Fsp3) is 0.250. The van der Waals surface area contributed by atoms with Gasteiger partial charge in [0.25, 0.3) is 0 Å². The molecular formula is C24H27NO3. The van der Waals surface area contributed by atoms with Gasteiger partial charge >= 0.3 is 0 Å². The first kappa shape index (κ1) is 19.6. The van der Waals surface area contributed by atoms with Gasteiger partial charge in [0.15, 0.2) is 0 Å². The molecule has 0 amide bonds. The minimum atomic E-state index is 0.494. The maximum Gasteiger partial charge on any atom is 0.122 e. The van der Waals surface area contributed by atoms with Crippen molar-refractivity contribution in [1.82, 2.24) is 0 Å². The van der Waals surface area contributed by atoms with E-state index in [1.54, 1.807) is 0 Å². The molecule has 3 aromatic carbocycles. The van der Waals surface area contributed by atoms with Gasteiger partial charge < -0.3 is 19.5 Å². The summed E-state index contributed by atoms with van der Waals surface area (Å²) < 4.78 is 17.3. The number of aryl methyl sites for hydroxylation is 2. The van der Waals surface area contributed by atoms with E-state index in [1.807, 2.05) is 54.6 Å². The Hall–Kier alpha value is -3.14. The number of hydrogen-bond donors (Lipinski definition) is 1. The smallest absolute Gasteiger partial charge is 0.122 e. The fourth-order valence-electron chi connectivity index (χ4n) is 2.75. The van der Waals surface area contributed by atoms with E-state index < -0.39 is 0 Å². The molecule has 0 aliphatic rings. The van der Waals surface area contributed by atoms with Gasteiger partial charge in [0.1, 0.15) is 37.1 Å². The van der Waals surface area contributed by atoms with Gasteiger partial charge in [-0.25, -0.2) is 0 Å². The van der Waals surface area contributed by atoms with Crippen molar-refractivity contribution in [2.24, 2.45) is 0 Å². The molecule has 0 heterocycles. The lowest BCUT2D eigenvalue weighted by Gasteiger charge is -2.12. The quantitative estimate of drug-likeness (QED) is 0.490. The van der Waals surface area contributed by atoms with Gasteiger partial charge in [-0.05, 0) is 55.3 Å². The molecule has 0 bridgehead atoms. The second-order valence-corrected chi connectivity index (χ2v) is 6.58. The van der Waals surface area contributed by atoms with Crippen molar-refractivity contribution < 1.29 is 14.2 Å². The van der Waals surface area contributed by atoms with Crippen molar-refractivity contribution in [2.75, 3.05) is 31.7 Å². The summed E-state index contributed by atoms with van der Waals surface area (Å²) in [5, 5.41) is 3.37. The Morgan fingerprint density at radius 1 is 0.679 bits per heavy atom. The molecule has 0 saturated carbocycles. The van der Waals surface area contributed by atoms with Crippen molar-refractivity contribution in [1.29, 1.82) is 0 Å². The largest absolute Gasteiger partial charge is 0.491 e. The predicted molar refractivity (Wildman–Crippen MR) is 114 cm³/mol. The molecule has 0 aliphatic carbocycles. The third-order valence-electron chi connectivity index (χ3n) is 4.23. The maximum atomic E-state index is 5.88. The zero-order valence-electron chi connectivity index (χ0n) is 16.5. The number of rotatable bonds is 10. The highest BCUT2D eigenvalue weighted by atomic mass is 16.5. The summed E-state index contributed by atoms with van der Waals surface area (Å²) in [6.07, 6.45) is 0. The van der Waals surface area contributed by atoms with E-state index in [9.17, 15) is 0 Å². The number of para-hydroxylation sites is 1. The molecule has 146 valence electrons. The standard InChI is InChI=1S/C24H27NO3/c1-19-11-12-20(2)24(17-19)28-14-13-25-21-7-6-10-23(18-21)27-16-15-26-22-8-4-3-5-9-22/h3-12,17-18,25H,13-16H2,1-2H3. The Labute approximate surface area is 167 Å². The molecule has 0 saturated heterocycles. The molecule has 28 heavy (non-hydrogen) atoms. The molecule has 0 aliphatic heterocycles. The van der Waals surface area contributed by atoms with Crippen molar-refractivity contribution in [3.05, 3.63) is 83.9 Å². The molecule has 3 rings (SSSR count). The van der Waals surface area contributed by atoms with Crippen LogP contribution >= 0.6 is 0 Å². The van der Waals surface area contributed by atoms with E-state index in [0.29, 0.717) is 26.4 Å². The van der Waals surface area contributed by atoms with Gasteiger partial charge in [-0.2, -0.15) is 0 Å². The van der Waals surface area contributed by atoms with E-state index in [4.69, 9.17) is 14.2 Å². The summed E-state index contributed by atoms with van der Waals surface area (Å²) in [6.45, 7) is 6.44. The molecule has 0 unspecified atom stereocenters. The first-order valence-corrected chi connectivity index (χ1v) is 9.55. The van der Waals surface area contributed by atoms with Crippen molar-refractivity contribution >= 4 is 5.69 Å². The van der Waals surface area contributed by atoms with Gasteiger partial charge in [-0.3, -0.25) is 0 Å². The van der Waals surface area contributed by atoms with Crippen molar-refractivity contribution in [3.63, 3.8) is 0 Å². The van der Waals surface area contributed by atoms with Crippen LogP contribution in [0.3, 0.4) is 0 Å². The SMILES string of the molecule is Cc1ccc(C)c(OCCNc2cccc(OCCOc3ccccc3)c2)c1. The van der Waals surface area contributed by atoms with Crippen LogP contribution in [0.25, 0.3) is 0 Å². The second-order valence-electron chi connectivity index (χ2n) is 6.58. The van der Waals surface area contributed by atoms with Gasteiger partial charge in [-0.15, -0.1) is 0 Å². The van der Waals surface area contributed by atoms with E-state index in [-0.39, 0.29) is 0 Å². The molecule has 0 atom stereocenters. The lowest BCUT2D eigenvalue weighted by Crippen LogP contribution is -2.12. The van der Waals surface area contributed by atoms with Crippen LogP contribution < -0.4 is 19.5 Å². The number of ether oxygens (including phenoxy) is 3. The Morgan fingerprint density at radius 2 is 1.43 bits per heavy atom. The predicted octanol–water partition coefficient (Wildman–Crippen LogP) is 5.25. The van der Waals surface area contributed by atoms with E-state index >= 15 is 0 Å². The summed E-state index contributed by atoms with van der Waals surface area (Å²) >= 11 is 0. The van der Waals surface area contributed by atoms with Crippen LogP contribution in [0.5, 0.6) is 17.2 Å². The van der Waals surface area contributed by atoms with Gasteiger partial charge in [-0.1, -0.05) is 36.4 Å². The number of anilines is 1. The van der Waals surface area contributed by atoms with Gasteiger partial charge in [0.2, 0.25) is 0 Å². The topological polar surface area (TPSA) is 39.7 Å². The highest BCUT2D eigenvalue weighted by Gasteiger charge is 2.01. The third-order valence-corrected chi connectivity index (χ3v) is 4.23. The monoisotopic (exact) mass is 377 g/mol. The molecule has 3 aromatic rings. The van der Waals surface area contributed by atoms with Crippen LogP contribution in [0.4, 0.5) is 5.69 Å². The summed E-state index contributed by atoms with van der Waals surface area (Å²) in [7, 11) is 0. The van der Waals surface area contributed by atoms with E-state index in [0.717, 1.165) is 28.5 Å². The van der Waals surface area contributed by atoms with Crippen LogP contribution in [-0.4, -0.2) is 26.4 Å². The van der Waals surface area contributed by atoms with Crippen LogP contribution in [-0.2, 0) is 0 Å². The molecule has 0 fully saturated rings. The maximum absolute atomic E-state index is 5.88. The zero-order chi connectivity index (χ0) is 19.6. The number of nitrogens with one attached hydrogen (secondary N) is 1. The summed E-state index contributed by atoms with van der Waals surface area (Å²) in [5.74, 6) is 2.61. The zero-order valence-corrected chi connectivity index (χ0v) is 16.5. The summed E-state index contributed by atoms with van der Waals surface area (Å²) in [5.41, 5.74) is 3.36. The Morgan fingerprint density at radius 3 is 2.25 bits per heavy atom. The van der Waals surface area contributed by atoms with Gasteiger partial charge in [0.05, 0.1) is 0 Å². The first-order chi connectivity index (χ1) is 13.7. The lowest BCUT2D eigenvalue weighted by molar-refractivity contribution is 0.217. The molecular weight excluding hydrogens is 350 g/mol. The highest BCUT2D eigenvalue weighted by Crippen LogP contribution is 2.20. The Bertz CT molecular complexity index is 865. The minimum absolute atomic E-state index is 0.494. The molecule has 0 radical (unpaired) electrons. The average Bonchev–Trinajstić information content (AvgIpc) is 2.72. The van der Waals surface area contributed by atoms with Crippen LogP contribution in [0, 0.1) is 13.8 Å². The highest BCUT2D eigenvalue weighted by molar-refractivity contribution is 5.48. The third kappa shape index (κ3) is 6.23. The molecule has 4 heteroatoms. The normalized spacial score (nSPS) is 10.4. The van der Waals surface area contributed by atoms with E-state index in [1.165, 1.54) is 5.56 Å². The Balaban J connectivity index is 1.39. The van der Waals surface area contributed by atoms with Crippen LogP contribution in [0.1, 0.15) is 11.1 Å². The van der Waals surface area contributed by atoms with Crippen molar-refractivity contribution in [3.8, 4) is 17.2 Å². The molecule has 4 nitrogen and oxygen atoms in total. The van der Waals surface area contributed by atoms with E-state index in [2.05, 4.69) is 37.4 Å².